The zero-order valence-electron chi connectivity index (χ0n) is 13.4. The third-order valence-corrected chi connectivity index (χ3v) is 4.09. The van der Waals surface area contributed by atoms with Crippen LogP contribution in [0.3, 0.4) is 0 Å². The van der Waals surface area contributed by atoms with Crippen LogP contribution in [-0.2, 0) is 11.2 Å². The van der Waals surface area contributed by atoms with Crippen LogP contribution in [0, 0.1) is 6.92 Å². The monoisotopic (exact) mass is 376 g/mol. The molecule has 0 spiro atoms. The second kappa shape index (κ2) is 8.70. The number of nitrogens with one attached hydrogen (secondary N) is 2. The number of ether oxygens (including phenoxy) is 1. The summed E-state index contributed by atoms with van der Waals surface area (Å²) in [6.07, 6.45) is 0.867. The van der Waals surface area contributed by atoms with E-state index in [1.54, 1.807) is 7.11 Å². The first-order valence-corrected chi connectivity index (χ1v) is 8.27. The Bertz CT molecular complexity index is 657. The number of carbonyl (C=O) groups is 1. The van der Waals surface area contributed by atoms with Crippen molar-refractivity contribution in [1.82, 2.24) is 5.32 Å². The summed E-state index contributed by atoms with van der Waals surface area (Å²) in [4.78, 5) is 11.9. The van der Waals surface area contributed by atoms with Crippen LogP contribution in [0.4, 0.5) is 5.69 Å². The van der Waals surface area contributed by atoms with Gasteiger partial charge in [0.05, 0.1) is 19.3 Å². The lowest BCUT2D eigenvalue weighted by atomic mass is 10.1. The fraction of sp³-hybridized carbons (Fsp3) is 0.278. The SMILES string of the molecule is COc1ccc(CCNCC(=O)Nc2ccc(C)cc2Br)cc1. The normalized spacial score (nSPS) is 10.4. The van der Waals surface area contributed by atoms with Gasteiger partial charge in [-0.25, -0.2) is 0 Å². The molecule has 2 N–H and O–H groups in total. The summed E-state index contributed by atoms with van der Waals surface area (Å²) in [5, 5.41) is 6.04. The van der Waals surface area contributed by atoms with Gasteiger partial charge in [-0.1, -0.05) is 18.2 Å². The van der Waals surface area contributed by atoms with Gasteiger partial charge in [-0.15, -0.1) is 0 Å². The largest absolute Gasteiger partial charge is 0.497 e. The molecule has 0 radical (unpaired) electrons. The minimum Gasteiger partial charge on any atom is -0.497 e. The Morgan fingerprint density at radius 3 is 2.57 bits per heavy atom. The van der Waals surface area contributed by atoms with Gasteiger partial charge < -0.3 is 15.4 Å². The van der Waals surface area contributed by atoms with Crippen molar-refractivity contribution in [2.75, 3.05) is 25.5 Å². The molecule has 0 saturated heterocycles. The molecule has 0 heterocycles. The number of carbonyl (C=O) groups excluding carboxylic acids is 1. The van der Waals surface area contributed by atoms with Crippen molar-refractivity contribution in [2.24, 2.45) is 0 Å². The maximum atomic E-state index is 11.9. The smallest absolute Gasteiger partial charge is 0.238 e. The molecule has 2 rings (SSSR count). The summed E-state index contributed by atoms with van der Waals surface area (Å²) in [6, 6.07) is 13.8. The first kappa shape index (κ1) is 17.5. The third-order valence-electron chi connectivity index (χ3n) is 3.43. The average molecular weight is 377 g/mol. The lowest BCUT2D eigenvalue weighted by Gasteiger charge is -2.09. The van der Waals surface area contributed by atoms with E-state index < -0.39 is 0 Å². The number of hydrogen-bond acceptors (Lipinski definition) is 3. The molecule has 0 bridgehead atoms. The molecule has 0 saturated carbocycles. The molecule has 4 nitrogen and oxygen atoms in total. The van der Waals surface area contributed by atoms with E-state index >= 15 is 0 Å². The lowest BCUT2D eigenvalue weighted by Crippen LogP contribution is -2.29. The van der Waals surface area contributed by atoms with Crippen molar-refractivity contribution in [3.8, 4) is 5.75 Å². The van der Waals surface area contributed by atoms with Crippen LogP contribution in [0.2, 0.25) is 0 Å². The topological polar surface area (TPSA) is 50.4 Å². The number of hydrogen-bond donors (Lipinski definition) is 2. The molecule has 2 aromatic rings. The molecule has 0 atom stereocenters. The molecule has 0 unspecified atom stereocenters. The van der Waals surface area contributed by atoms with Crippen molar-refractivity contribution in [2.45, 2.75) is 13.3 Å². The molecule has 2 aromatic carbocycles. The van der Waals surface area contributed by atoms with E-state index in [2.05, 4.69) is 26.6 Å². The Balaban J connectivity index is 1.72. The van der Waals surface area contributed by atoms with Crippen molar-refractivity contribution >= 4 is 27.5 Å². The van der Waals surface area contributed by atoms with E-state index in [9.17, 15) is 4.79 Å². The molecule has 122 valence electrons. The predicted molar refractivity (Wildman–Crippen MR) is 97.1 cm³/mol. The molecule has 0 aliphatic carbocycles. The van der Waals surface area contributed by atoms with E-state index in [1.807, 2.05) is 49.4 Å². The van der Waals surface area contributed by atoms with Crippen molar-refractivity contribution in [3.63, 3.8) is 0 Å². The highest BCUT2D eigenvalue weighted by molar-refractivity contribution is 9.10. The second-order valence-electron chi connectivity index (χ2n) is 5.31. The standard InChI is InChI=1S/C18H21BrN2O2/c1-13-3-8-17(16(19)11-13)21-18(22)12-20-10-9-14-4-6-15(23-2)7-5-14/h3-8,11,20H,9-10,12H2,1-2H3,(H,21,22). The van der Waals surface area contributed by atoms with Gasteiger partial charge in [-0.05, 0) is 71.2 Å². The molecule has 0 aliphatic rings. The van der Waals surface area contributed by atoms with Crippen LogP contribution in [0.25, 0.3) is 0 Å². The Hall–Kier alpha value is -1.85. The molecule has 5 heteroatoms. The van der Waals surface area contributed by atoms with Gasteiger partial charge in [0.1, 0.15) is 5.75 Å². The predicted octanol–water partition coefficient (Wildman–Crippen LogP) is 3.54. The van der Waals surface area contributed by atoms with Crippen molar-refractivity contribution in [3.05, 3.63) is 58.1 Å². The zero-order chi connectivity index (χ0) is 16.7. The van der Waals surface area contributed by atoms with E-state index in [-0.39, 0.29) is 12.5 Å². The molecule has 1 amide bonds. The summed E-state index contributed by atoms with van der Waals surface area (Å²) in [5.74, 6) is 0.800. The number of amides is 1. The molecular formula is C18H21BrN2O2. The van der Waals surface area contributed by atoms with E-state index in [4.69, 9.17) is 4.74 Å². The number of methoxy groups -OCH3 is 1. The van der Waals surface area contributed by atoms with Crippen molar-refractivity contribution in [1.29, 1.82) is 0 Å². The van der Waals surface area contributed by atoms with Crippen molar-refractivity contribution < 1.29 is 9.53 Å². The van der Waals surface area contributed by atoms with Crippen LogP contribution in [-0.4, -0.2) is 26.1 Å². The summed E-state index contributed by atoms with van der Waals surface area (Å²) in [5.41, 5.74) is 3.14. The van der Waals surface area contributed by atoms with Gasteiger partial charge in [0.25, 0.3) is 0 Å². The molecular weight excluding hydrogens is 356 g/mol. The molecule has 0 aliphatic heterocycles. The minimum atomic E-state index is -0.0516. The van der Waals surface area contributed by atoms with Crippen LogP contribution in [0.5, 0.6) is 5.75 Å². The Morgan fingerprint density at radius 2 is 1.91 bits per heavy atom. The maximum absolute atomic E-state index is 11.9. The molecule has 23 heavy (non-hydrogen) atoms. The van der Waals surface area contributed by atoms with Crippen LogP contribution in [0.15, 0.2) is 46.9 Å². The number of halogens is 1. The minimum absolute atomic E-state index is 0.0516. The van der Waals surface area contributed by atoms with Gasteiger partial charge in [0.15, 0.2) is 0 Å². The van der Waals surface area contributed by atoms with Crippen LogP contribution < -0.4 is 15.4 Å². The summed E-state index contributed by atoms with van der Waals surface area (Å²) in [6.45, 7) is 3.04. The average Bonchev–Trinajstić information content (AvgIpc) is 2.55. The zero-order valence-corrected chi connectivity index (χ0v) is 14.9. The third kappa shape index (κ3) is 5.69. The number of benzene rings is 2. The maximum Gasteiger partial charge on any atom is 0.238 e. The highest BCUT2D eigenvalue weighted by atomic mass is 79.9. The van der Waals surface area contributed by atoms with E-state index in [1.165, 1.54) is 5.56 Å². The number of anilines is 1. The Morgan fingerprint density at radius 1 is 1.17 bits per heavy atom. The van der Waals surface area contributed by atoms with E-state index in [0.29, 0.717) is 0 Å². The van der Waals surface area contributed by atoms with Gasteiger partial charge >= 0.3 is 0 Å². The van der Waals surface area contributed by atoms with Gasteiger partial charge in [0.2, 0.25) is 5.91 Å². The highest BCUT2D eigenvalue weighted by Gasteiger charge is 2.05. The Labute approximate surface area is 145 Å². The summed E-state index contributed by atoms with van der Waals surface area (Å²) >= 11 is 3.45. The van der Waals surface area contributed by atoms with E-state index in [0.717, 1.165) is 34.4 Å². The molecule has 0 aromatic heterocycles. The number of aryl methyl sites for hydroxylation is 1. The quantitative estimate of drug-likeness (QED) is 0.726. The van der Waals surface area contributed by atoms with Crippen LogP contribution in [0.1, 0.15) is 11.1 Å². The van der Waals surface area contributed by atoms with Crippen LogP contribution >= 0.6 is 15.9 Å². The van der Waals surface area contributed by atoms with Gasteiger partial charge in [0, 0.05) is 4.47 Å². The number of rotatable bonds is 7. The summed E-state index contributed by atoms with van der Waals surface area (Å²) in [7, 11) is 1.65. The fourth-order valence-corrected chi connectivity index (χ4v) is 2.74. The fourth-order valence-electron chi connectivity index (χ4n) is 2.14. The lowest BCUT2D eigenvalue weighted by molar-refractivity contribution is -0.115. The second-order valence-corrected chi connectivity index (χ2v) is 6.16. The Kier molecular flexibility index (Phi) is 6.62. The first-order chi connectivity index (χ1) is 11.1. The van der Waals surface area contributed by atoms with Gasteiger partial charge in [-0.2, -0.15) is 0 Å². The summed E-state index contributed by atoms with van der Waals surface area (Å²) < 4.78 is 6.02. The molecule has 0 fully saturated rings. The van der Waals surface area contributed by atoms with Gasteiger partial charge in [-0.3, -0.25) is 4.79 Å². The first-order valence-electron chi connectivity index (χ1n) is 7.48. The highest BCUT2D eigenvalue weighted by Crippen LogP contribution is 2.23.